The Labute approximate surface area is 122 Å². The Morgan fingerprint density at radius 3 is 2.05 bits per heavy atom. The number of aromatic nitrogens is 3. The Bertz CT molecular complexity index is 421. The third-order valence-electron chi connectivity index (χ3n) is 2.27. The number of nitrogens with one attached hydrogen (secondary N) is 2. The number of pyridine rings is 1. The molecule has 5 nitrogen and oxygen atoms in total. The van der Waals surface area contributed by atoms with Gasteiger partial charge in [-0.25, -0.2) is 0 Å². The molecule has 0 unspecified atom stereocenters. The number of hydrogen-bond acceptors (Lipinski definition) is 4. The summed E-state index contributed by atoms with van der Waals surface area (Å²) in [5, 5.41) is 10.2. The van der Waals surface area contributed by atoms with E-state index in [1.54, 1.807) is 10.9 Å². The molecule has 0 aliphatic heterocycles. The van der Waals surface area contributed by atoms with Gasteiger partial charge in [0.2, 0.25) is 0 Å². The van der Waals surface area contributed by atoms with E-state index in [0.29, 0.717) is 0 Å². The van der Waals surface area contributed by atoms with E-state index in [0.717, 1.165) is 24.5 Å². The molecule has 20 heavy (non-hydrogen) atoms. The van der Waals surface area contributed by atoms with Gasteiger partial charge in [-0.3, -0.25) is 9.67 Å². The van der Waals surface area contributed by atoms with E-state index < -0.39 is 0 Å². The summed E-state index contributed by atoms with van der Waals surface area (Å²) in [6.07, 6.45) is 3.67. The monoisotopic (exact) mass is 277 g/mol. The largest absolute Gasteiger partial charge is 0.318 e. The van der Waals surface area contributed by atoms with Crippen LogP contribution in [0.15, 0.2) is 36.7 Å². The summed E-state index contributed by atoms with van der Waals surface area (Å²) in [6.45, 7) is 6.10. The predicted molar refractivity (Wildman–Crippen MR) is 85.6 cm³/mol. The van der Waals surface area contributed by atoms with Crippen molar-refractivity contribution >= 4 is 0 Å². The molecule has 2 N–H and O–H groups in total. The molecule has 2 aromatic rings. The van der Waals surface area contributed by atoms with E-state index in [-0.39, 0.29) is 0 Å². The molecule has 0 fully saturated rings. The summed E-state index contributed by atoms with van der Waals surface area (Å²) < 4.78 is 1.77. The van der Waals surface area contributed by atoms with Crippen LogP contribution < -0.4 is 10.6 Å². The minimum Gasteiger partial charge on any atom is -0.318 e. The van der Waals surface area contributed by atoms with Crippen molar-refractivity contribution in [2.24, 2.45) is 7.05 Å². The quantitative estimate of drug-likeness (QED) is 0.839. The minimum absolute atomic E-state index is 0.915. The molecule has 2 aromatic heterocycles. The average Bonchev–Trinajstić information content (AvgIpc) is 2.95. The number of rotatable bonds is 4. The molecule has 0 aliphatic carbocycles. The van der Waals surface area contributed by atoms with Gasteiger partial charge in [-0.2, -0.15) is 5.10 Å². The van der Waals surface area contributed by atoms with E-state index in [1.807, 2.05) is 65.5 Å². The van der Waals surface area contributed by atoms with Crippen molar-refractivity contribution in [2.45, 2.75) is 13.8 Å². The zero-order valence-corrected chi connectivity index (χ0v) is 13.2. The highest BCUT2D eigenvalue weighted by Crippen LogP contribution is 2.11. The van der Waals surface area contributed by atoms with Gasteiger partial charge in [-0.15, -0.1) is 0 Å². The van der Waals surface area contributed by atoms with Gasteiger partial charge in [-0.05, 0) is 32.3 Å². The third-order valence-corrected chi connectivity index (χ3v) is 2.27. The lowest BCUT2D eigenvalue weighted by molar-refractivity contribution is 0.718. The van der Waals surface area contributed by atoms with E-state index in [9.17, 15) is 0 Å². The van der Waals surface area contributed by atoms with Crippen LogP contribution in [0, 0.1) is 0 Å². The highest BCUT2D eigenvalue weighted by atomic mass is 15.2. The van der Waals surface area contributed by atoms with E-state index in [2.05, 4.69) is 20.7 Å². The maximum atomic E-state index is 4.24. The third kappa shape index (κ3) is 7.66. The molecule has 0 spiro atoms. The number of nitrogens with zero attached hydrogens (tertiary/aromatic N) is 3. The van der Waals surface area contributed by atoms with Gasteiger partial charge in [0.05, 0.1) is 5.69 Å². The van der Waals surface area contributed by atoms with Gasteiger partial charge < -0.3 is 10.6 Å². The van der Waals surface area contributed by atoms with Crippen LogP contribution in [0.25, 0.3) is 11.4 Å². The average molecular weight is 277 g/mol. The molecule has 0 amide bonds. The van der Waals surface area contributed by atoms with Crippen LogP contribution in [0.3, 0.4) is 0 Å². The van der Waals surface area contributed by atoms with Gasteiger partial charge >= 0.3 is 0 Å². The summed E-state index contributed by atoms with van der Waals surface area (Å²) >= 11 is 0. The fourth-order valence-corrected chi connectivity index (χ4v) is 1.32. The predicted octanol–water partition coefficient (Wildman–Crippen LogP) is 1.93. The van der Waals surface area contributed by atoms with Crippen LogP contribution in [0.2, 0.25) is 0 Å². The van der Waals surface area contributed by atoms with Gasteiger partial charge in [0.25, 0.3) is 0 Å². The molecule has 112 valence electrons. The van der Waals surface area contributed by atoms with Crippen LogP contribution in [0.1, 0.15) is 13.8 Å². The van der Waals surface area contributed by atoms with Crippen molar-refractivity contribution < 1.29 is 0 Å². The SMILES string of the molecule is CC.CNCCNC.Cn1ccc(-c2ccccn2)n1. The van der Waals surface area contributed by atoms with Crippen LogP contribution in [0.5, 0.6) is 0 Å². The highest BCUT2D eigenvalue weighted by molar-refractivity contribution is 5.52. The first-order valence-corrected chi connectivity index (χ1v) is 6.98. The second kappa shape index (κ2) is 12.3. The molecule has 0 saturated heterocycles. The molecule has 0 saturated carbocycles. The number of likely N-dealkylation sites (N-methyl/N-ethyl adjacent to an activating group) is 2. The first-order chi connectivity index (χ1) is 9.77. The Morgan fingerprint density at radius 2 is 1.65 bits per heavy atom. The van der Waals surface area contributed by atoms with Crippen LogP contribution in [-0.4, -0.2) is 41.9 Å². The molecule has 0 aromatic carbocycles. The molecule has 2 heterocycles. The first-order valence-electron chi connectivity index (χ1n) is 6.98. The fourth-order valence-electron chi connectivity index (χ4n) is 1.32. The molecular formula is C15H27N5. The van der Waals surface area contributed by atoms with Gasteiger partial charge in [-0.1, -0.05) is 19.9 Å². The fraction of sp³-hybridized carbons (Fsp3) is 0.467. The van der Waals surface area contributed by atoms with Gasteiger partial charge in [0.1, 0.15) is 5.69 Å². The Kier molecular flexibility index (Phi) is 11.3. The van der Waals surface area contributed by atoms with E-state index in [4.69, 9.17) is 0 Å². The molecule has 0 radical (unpaired) electrons. The lowest BCUT2D eigenvalue weighted by Gasteiger charge is -1.92. The van der Waals surface area contributed by atoms with Crippen LogP contribution in [0.4, 0.5) is 0 Å². The Morgan fingerprint density at radius 1 is 1.00 bits per heavy atom. The van der Waals surface area contributed by atoms with Crippen LogP contribution >= 0.6 is 0 Å². The maximum absolute atomic E-state index is 4.24. The topological polar surface area (TPSA) is 54.8 Å². The Hall–Kier alpha value is -1.72. The molecule has 0 atom stereocenters. The summed E-state index contributed by atoms with van der Waals surface area (Å²) in [4.78, 5) is 4.19. The molecule has 5 heteroatoms. The summed E-state index contributed by atoms with van der Waals surface area (Å²) in [7, 11) is 5.78. The van der Waals surface area contributed by atoms with Crippen molar-refractivity contribution in [3.05, 3.63) is 36.7 Å². The first kappa shape index (κ1) is 18.3. The molecule has 0 aliphatic rings. The lowest BCUT2D eigenvalue weighted by atomic mass is 10.3. The second-order valence-electron chi connectivity index (χ2n) is 3.80. The minimum atomic E-state index is 0.915. The molecule has 0 bridgehead atoms. The number of aryl methyl sites for hydroxylation is 1. The van der Waals surface area contributed by atoms with E-state index >= 15 is 0 Å². The van der Waals surface area contributed by atoms with E-state index in [1.165, 1.54) is 0 Å². The van der Waals surface area contributed by atoms with Crippen molar-refractivity contribution in [3.8, 4) is 11.4 Å². The highest BCUT2D eigenvalue weighted by Gasteiger charge is 1.99. The summed E-state index contributed by atoms with van der Waals surface area (Å²) in [6, 6.07) is 7.74. The van der Waals surface area contributed by atoms with Crippen molar-refractivity contribution in [2.75, 3.05) is 27.2 Å². The van der Waals surface area contributed by atoms with Gasteiger partial charge in [0.15, 0.2) is 0 Å². The normalized spacial score (nSPS) is 9.05. The second-order valence-corrected chi connectivity index (χ2v) is 3.80. The van der Waals surface area contributed by atoms with Crippen molar-refractivity contribution in [1.29, 1.82) is 0 Å². The standard InChI is InChI=1S/C9H9N3.C4H12N2.C2H6/c1-12-7-5-9(11-12)8-4-2-3-6-10-8;1-5-3-4-6-2;1-2/h2-7H,1H3;5-6H,3-4H2,1-2H3;1-2H3. The summed E-state index contributed by atoms with van der Waals surface area (Å²) in [5.41, 5.74) is 1.83. The van der Waals surface area contributed by atoms with Crippen LogP contribution in [-0.2, 0) is 7.05 Å². The maximum Gasteiger partial charge on any atom is 0.111 e. The zero-order chi connectivity index (χ0) is 15.2. The van der Waals surface area contributed by atoms with Crippen molar-refractivity contribution in [3.63, 3.8) is 0 Å². The van der Waals surface area contributed by atoms with Gasteiger partial charge in [0, 0.05) is 32.5 Å². The smallest absolute Gasteiger partial charge is 0.111 e. The zero-order valence-electron chi connectivity index (χ0n) is 13.2. The van der Waals surface area contributed by atoms with Crippen molar-refractivity contribution in [1.82, 2.24) is 25.4 Å². The lowest BCUT2D eigenvalue weighted by Crippen LogP contribution is -2.21. The molecular weight excluding hydrogens is 250 g/mol. The Balaban J connectivity index is 0.000000387. The summed E-state index contributed by atoms with van der Waals surface area (Å²) in [5.74, 6) is 0. The number of hydrogen-bond donors (Lipinski definition) is 2. The molecule has 2 rings (SSSR count).